The van der Waals surface area contributed by atoms with Crippen LogP contribution in [0.5, 0.6) is 0 Å². The quantitative estimate of drug-likeness (QED) is 0.627. The molecular weight excluding hydrogens is 155 g/mol. The zero-order valence-corrected chi connectivity index (χ0v) is 7.50. The van der Waals surface area contributed by atoms with E-state index in [2.05, 4.69) is 8.86 Å². The highest BCUT2D eigenvalue weighted by Gasteiger charge is 1.90. The normalized spacial score (nSPS) is 9.55. The van der Waals surface area contributed by atoms with Crippen molar-refractivity contribution in [2.45, 2.75) is 13.5 Å². The summed E-state index contributed by atoms with van der Waals surface area (Å²) in [7, 11) is 3.27. The predicted molar refractivity (Wildman–Crippen MR) is 50.2 cm³/mol. The highest BCUT2D eigenvalue weighted by Crippen LogP contribution is 2.00. The van der Waals surface area contributed by atoms with Gasteiger partial charge in [0.2, 0.25) is 0 Å². The van der Waals surface area contributed by atoms with Crippen LogP contribution in [0.4, 0.5) is 0 Å². The van der Waals surface area contributed by atoms with E-state index in [0.29, 0.717) is 6.61 Å². The van der Waals surface area contributed by atoms with E-state index in [9.17, 15) is 0 Å². The predicted octanol–water partition coefficient (Wildman–Crippen LogP) is 2.50. The Morgan fingerprint density at radius 1 is 1.36 bits per heavy atom. The van der Waals surface area contributed by atoms with Gasteiger partial charge in [0, 0.05) is 0 Å². The zero-order chi connectivity index (χ0) is 8.10. The Hall–Kier alpha value is -0.650. The second-order valence-electron chi connectivity index (χ2n) is 2.33. The molecule has 0 saturated carbocycles. The van der Waals surface area contributed by atoms with Gasteiger partial charge in [0.05, 0.1) is 12.1 Å². The molecule has 0 aliphatic carbocycles. The van der Waals surface area contributed by atoms with E-state index in [0.717, 1.165) is 5.48 Å². The highest BCUT2D eigenvalue weighted by molar-refractivity contribution is 7.20. The van der Waals surface area contributed by atoms with E-state index in [1.807, 2.05) is 37.3 Å². The van der Waals surface area contributed by atoms with Crippen LogP contribution in [0, 0.1) is 0 Å². The second-order valence-corrected chi connectivity index (χ2v) is 3.03. The van der Waals surface area contributed by atoms with E-state index in [4.69, 9.17) is 4.74 Å². The molecule has 11 heavy (non-hydrogen) atoms. The van der Waals surface area contributed by atoms with Crippen LogP contribution in [-0.2, 0) is 11.3 Å². The SMILES string of the molecule is CC(=P)OCc1ccccc1. The van der Waals surface area contributed by atoms with Crippen molar-refractivity contribution >= 4 is 14.3 Å². The van der Waals surface area contributed by atoms with Gasteiger partial charge in [0.1, 0.15) is 0 Å². The van der Waals surface area contributed by atoms with Crippen LogP contribution in [0.25, 0.3) is 0 Å². The lowest BCUT2D eigenvalue weighted by atomic mass is 10.2. The molecule has 0 spiro atoms. The van der Waals surface area contributed by atoms with Crippen LogP contribution in [0.1, 0.15) is 12.5 Å². The van der Waals surface area contributed by atoms with Gasteiger partial charge in [-0.25, -0.2) is 0 Å². The van der Waals surface area contributed by atoms with Crippen LogP contribution >= 0.6 is 8.86 Å². The zero-order valence-electron chi connectivity index (χ0n) is 6.50. The standard InChI is InChI=1S/C9H11OP/c1-8(11)10-7-9-5-3-2-4-6-9/h2-6,11H,7H2,1H3. The molecule has 0 aliphatic rings. The summed E-state index contributed by atoms with van der Waals surface area (Å²) in [6.07, 6.45) is 0. The number of hydrogen-bond donors (Lipinski definition) is 0. The largest absolute Gasteiger partial charge is 0.342 e. The number of hydrogen-bond acceptors (Lipinski definition) is 1. The summed E-state index contributed by atoms with van der Waals surface area (Å²) < 4.78 is 5.26. The Bertz CT molecular complexity index is 231. The summed E-state index contributed by atoms with van der Waals surface area (Å²) in [5.74, 6) is 0. The van der Waals surface area contributed by atoms with Crippen molar-refractivity contribution in [1.82, 2.24) is 0 Å². The van der Waals surface area contributed by atoms with Gasteiger partial charge in [0.25, 0.3) is 0 Å². The fraction of sp³-hybridized carbons (Fsp3) is 0.222. The third-order valence-corrected chi connectivity index (χ3v) is 1.44. The molecule has 2 heteroatoms. The lowest BCUT2D eigenvalue weighted by Gasteiger charge is -2.00. The van der Waals surface area contributed by atoms with E-state index in [-0.39, 0.29) is 0 Å². The molecular formula is C9H11OP. The molecule has 0 aliphatic heterocycles. The Kier molecular flexibility index (Phi) is 3.28. The molecule has 0 heterocycles. The van der Waals surface area contributed by atoms with Crippen LogP contribution in [0.2, 0.25) is 0 Å². The Morgan fingerprint density at radius 3 is 2.55 bits per heavy atom. The van der Waals surface area contributed by atoms with E-state index >= 15 is 0 Å². The van der Waals surface area contributed by atoms with E-state index in [1.165, 1.54) is 5.56 Å². The minimum Gasteiger partial charge on any atom is -0.342 e. The molecule has 0 bridgehead atoms. The molecule has 0 aromatic heterocycles. The Morgan fingerprint density at radius 2 is 2.00 bits per heavy atom. The van der Waals surface area contributed by atoms with Crippen LogP contribution in [0.15, 0.2) is 30.3 Å². The van der Waals surface area contributed by atoms with Gasteiger partial charge in [-0.2, -0.15) is 0 Å². The molecule has 1 rings (SSSR count). The van der Waals surface area contributed by atoms with Gasteiger partial charge in [-0.1, -0.05) is 39.2 Å². The van der Waals surface area contributed by atoms with Gasteiger partial charge in [-0.15, -0.1) is 0 Å². The second kappa shape index (κ2) is 4.27. The van der Waals surface area contributed by atoms with Crippen molar-refractivity contribution in [3.05, 3.63) is 35.9 Å². The van der Waals surface area contributed by atoms with Crippen molar-refractivity contribution < 1.29 is 4.74 Å². The summed E-state index contributed by atoms with van der Waals surface area (Å²) in [6.45, 7) is 2.51. The molecule has 58 valence electrons. The smallest absolute Gasteiger partial charge is 0.0783 e. The van der Waals surface area contributed by atoms with Gasteiger partial charge in [-0.05, 0) is 12.5 Å². The first-order chi connectivity index (χ1) is 5.29. The molecule has 0 fully saturated rings. The average molecular weight is 166 g/mol. The van der Waals surface area contributed by atoms with Crippen LogP contribution in [0.3, 0.4) is 0 Å². The molecule has 1 aromatic rings. The van der Waals surface area contributed by atoms with E-state index < -0.39 is 0 Å². The first-order valence-corrected chi connectivity index (χ1v) is 4.01. The Labute approximate surface area is 69.2 Å². The topological polar surface area (TPSA) is 9.23 Å². The molecule has 0 amide bonds. The minimum atomic E-state index is 0.635. The molecule has 0 saturated heterocycles. The molecule has 1 aromatic carbocycles. The van der Waals surface area contributed by atoms with Gasteiger partial charge in [0.15, 0.2) is 0 Å². The summed E-state index contributed by atoms with van der Waals surface area (Å²) in [5.41, 5.74) is 2.00. The first-order valence-electron chi connectivity index (χ1n) is 3.51. The van der Waals surface area contributed by atoms with Crippen molar-refractivity contribution in [2.24, 2.45) is 0 Å². The Balaban J connectivity index is 2.45. The highest BCUT2D eigenvalue weighted by atomic mass is 31.0. The summed E-state index contributed by atoms with van der Waals surface area (Å²) in [6, 6.07) is 10.1. The van der Waals surface area contributed by atoms with Crippen molar-refractivity contribution in [1.29, 1.82) is 0 Å². The van der Waals surface area contributed by atoms with Crippen molar-refractivity contribution in [3.63, 3.8) is 0 Å². The third-order valence-electron chi connectivity index (χ3n) is 1.30. The maximum atomic E-state index is 5.26. The fourth-order valence-electron chi connectivity index (χ4n) is 0.766. The molecule has 0 unspecified atom stereocenters. The van der Waals surface area contributed by atoms with Crippen molar-refractivity contribution in [3.8, 4) is 0 Å². The summed E-state index contributed by atoms with van der Waals surface area (Å²) in [4.78, 5) is 0. The van der Waals surface area contributed by atoms with E-state index in [1.54, 1.807) is 0 Å². The average Bonchev–Trinajstić information content (AvgIpc) is 2.03. The number of ether oxygens (including phenoxy) is 1. The fourth-order valence-corrected chi connectivity index (χ4v) is 0.838. The van der Waals surface area contributed by atoms with Crippen molar-refractivity contribution in [2.75, 3.05) is 0 Å². The molecule has 0 atom stereocenters. The van der Waals surface area contributed by atoms with Crippen LogP contribution in [-0.4, -0.2) is 5.48 Å². The third kappa shape index (κ3) is 3.31. The first kappa shape index (κ1) is 8.45. The van der Waals surface area contributed by atoms with Gasteiger partial charge < -0.3 is 4.74 Å². The number of benzene rings is 1. The van der Waals surface area contributed by atoms with Crippen LogP contribution < -0.4 is 0 Å². The van der Waals surface area contributed by atoms with Gasteiger partial charge in [-0.3, -0.25) is 0 Å². The maximum Gasteiger partial charge on any atom is 0.0783 e. The lowest BCUT2D eigenvalue weighted by molar-refractivity contribution is 0.298. The molecule has 0 radical (unpaired) electrons. The maximum absolute atomic E-state index is 5.26. The van der Waals surface area contributed by atoms with Gasteiger partial charge >= 0.3 is 0 Å². The summed E-state index contributed by atoms with van der Waals surface area (Å²) in [5, 5.41) is 0. The molecule has 1 nitrogen and oxygen atoms in total. The molecule has 0 N–H and O–H groups in total. The lowest BCUT2D eigenvalue weighted by Crippen LogP contribution is -1.95. The minimum absolute atomic E-state index is 0.635. The monoisotopic (exact) mass is 166 g/mol. The number of rotatable bonds is 3. The summed E-state index contributed by atoms with van der Waals surface area (Å²) >= 11 is 0.